The Morgan fingerprint density at radius 1 is 0.852 bits per heavy atom. The summed E-state index contributed by atoms with van der Waals surface area (Å²) in [7, 11) is 2.09. The van der Waals surface area contributed by atoms with Crippen molar-refractivity contribution in [2.75, 3.05) is 38.1 Å². The average molecular weight is 372 g/mol. The van der Waals surface area contributed by atoms with Gasteiger partial charge in [-0.1, -0.05) is 24.3 Å². The summed E-state index contributed by atoms with van der Waals surface area (Å²) in [4.78, 5) is 13.8. The lowest BCUT2D eigenvalue weighted by Crippen LogP contribution is -2.45. The second kappa shape index (κ2) is 6.81. The zero-order valence-corrected chi connectivity index (χ0v) is 14.9. The third-order valence-corrected chi connectivity index (χ3v) is 4.86. The molecule has 0 saturated carbocycles. The lowest BCUT2D eigenvalue weighted by molar-refractivity contribution is -0.137. The van der Waals surface area contributed by atoms with Gasteiger partial charge < -0.3 is 9.80 Å². The van der Waals surface area contributed by atoms with Gasteiger partial charge in [-0.25, -0.2) is 9.97 Å². The molecule has 4 nitrogen and oxygen atoms in total. The number of piperazine rings is 1. The molecule has 1 aromatic heterocycles. The topological polar surface area (TPSA) is 32.3 Å². The molecule has 0 spiro atoms. The second-order valence-corrected chi connectivity index (χ2v) is 6.75. The van der Waals surface area contributed by atoms with E-state index in [9.17, 15) is 13.2 Å². The molecule has 4 rings (SSSR count). The molecular formula is C20H19F3N4. The lowest BCUT2D eigenvalue weighted by atomic mass is 10.1. The summed E-state index contributed by atoms with van der Waals surface area (Å²) in [5.74, 6) is 1.28. The first-order valence-corrected chi connectivity index (χ1v) is 8.80. The number of benzene rings is 2. The molecule has 2 aromatic carbocycles. The Morgan fingerprint density at radius 3 is 2.19 bits per heavy atom. The molecular weight excluding hydrogens is 353 g/mol. The minimum Gasteiger partial charge on any atom is -0.353 e. The van der Waals surface area contributed by atoms with Crippen molar-refractivity contribution in [3.63, 3.8) is 0 Å². The van der Waals surface area contributed by atoms with Gasteiger partial charge in [0.25, 0.3) is 0 Å². The first-order chi connectivity index (χ1) is 12.9. The number of hydrogen-bond acceptors (Lipinski definition) is 4. The summed E-state index contributed by atoms with van der Waals surface area (Å²) in [5.41, 5.74) is 0.687. The predicted molar refractivity (Wildman–Crippen MR) is 99.7 cm³/mol. The molecule has 1 aliphatic heterocycles. The highest BCUT2D eigenvalue weighted by atomic mass is 19.4. The monoisotopic (exact) mass is 372 g/mol. The van der Waals surface area contributed by atoms with Gasteiger partial charge in [0.05, 0.1) is 11.1 Å². The van der Waals surface area contributed by atoms with Crippen LogP contribution in [0.4, 0.5) is 19.0 Å². The highest BCUT2D eigenvalue weighted by Gasteiger charge is 2.30. The fourth-order valence-electron chi connectivity index (χ4n) is 3.26. The van der Waals surface area contributed by atoms with Gasteiger partial charge in [-0.2, -0.15) is 13.2 Å². The standard InChI is InChI=1S/C20H19F3N4/c1-26-10-12-27(13-11-26)19-16-4-2-3-5-17(16)24-18(25-19)14-6-8-15(9-7-14)20(21,22)23/h2-9H,10-13H2,1H3. The van der Waals surface area contributed by atoms with E-state index in [1.807, 2.05) is 24.3 Å². The molecule has 27 heavy (non-hydrogen) atoms. The van der Waals surface area contributed by atoms with Crippen LogP contribution < -0.4 is 4.90 Å². The van der Waals surface area contributed by atoms with Gasteiger partial charge in [-0.05, 0) is 31.3 Å². The van der Waals surface area contributed by atoms with Crippen LogP contribution in [-0.4, -0.2) is 48.1 Å². The van der Waals surface area contributed by atoms with Crippen LogP contribution in [-0.2, 0) is 6.18 Å². The Balaban J connectivity index is 1.78. The van der Waals surface area contributed by atoms with E-state index in [2.05, 4.69) is 21.8 Å². The van der Waals surface area contributed by atoms with Gasteiger partial charge in [0.15, 0.2) is 5.82 Å². The number of anilines is 1. The predicted octanol–water partition coefficient (Wildman–Crippen LogP) is 4.07. The summed E-state index contributed by atoms with van der Waals surface area (Å²) in [6.45, 7) is 3.58. The molecule has 0 unspecified atom stereocenters. The van der Waals surface area contributed by atoms with Crippen molar-refractivity contribution in [2.45, 2.75) is 6.18 Å². The zero-order valence-electron chi connectivity index (χ0n) is 14.9. The second-order valence-electron chi connectivity index (χ2n) is 6.75. The van der Waals surface area contributed by atoms with E-state index in [4.69, 9.17) is 4.98 Å². The number of nitrogens with zero attached hydrogens (tertiary/aromatic N) is 4. The van der Waals surface area contributed by atoms with Crippen molar-refractivity contribution < 1.29 is 13.2 Å². The van der Waals surface area contributed by atoms with E-state index < -0.39 is 11.7 Å². The number of halogens is 3. The minimum atomic E-state index is -4.35. The van der Waals surface area contributed by atoms with Gasteiger partial charge in [0.2, 0.25) is 0 Å². The molecule has 3 aromatic rings. The quantitative estimate of drug-likeness (QED) is 0.679. The van der Waals surface area contributed by atoms with E-state index in [-0.39, 0.29) is 0 Å². The SMILES string of the molecule is CN1CCN(c2nc(-c3ccc(C(F)(F)F)cc3)nc3ccccc23)CC1. The molecule has 0 aliphatic carbocycles. The maximum atomic E-state index is 12.8. The van der Waals surface area contributed by atoms with Crippen molar-refractivity contribution in [2.24, 2.45) is 0 Å². The van der Waals surface area contributed by atoms with E-state index in [0.717, 1.165) is 55.0 Å². The molecule has 1 saturated heterocycles. The van der Waals surface area contributed by atoms with E-state index >= 15 is 0 Å². The molecule has 0 bridgehead atoms. The number of para-hydroxylation sites is 1. The molecule has 0 N–H and O–H groups in total. The smallest absolute Gasteiger partial charge is 0.353 e. The van der Waals surface area contributed by atoms with Crippen LogP contribution in [0.15, 0.2) is 48.5 Å². The molecule has 0 radical (unpaired) electrons. The summed E-state index contributed by atoms with van der Waals surface area (Å²) in [6, 6.07) is 12.8. The van der Waals surface area contributed by atoms with Gasteiger partial charge in [-0.3, -0.25) is 0 Å². The molecule has 7 heteroatoms. The van der Waals surface area contributed by atoms with E-state index in [1.165, 1.54) is 12.1 Å². The van der Waals surface area contributed by atoms with Crippen LogP contribution >= 0.6 is 0 Å². The highest BCUT2D eigenvalue weighted by Crippen LogP contribution is 2.32. The minimum absolute atomic E-state index is 0.441. The number of hydrogen-bond donors (Lipinski definition) is 0. The fourth-order valence-corrected chi connectivity index (χ4v) is 3.26. The van der Waals surface area contributed by atoms with Crippen LogP contribution in [0.5, 0.6) is 0 Å². The summed E-state index contributed by atoms with van der Waals surface area (Å²) in [5, 5.41) is 0.956. The largest absolute Gasteiger partial charge is 0.416 e. The van der Waals surface area contributed by atoms with Crippen LogP contribution in [0.1, 0.15) is 5.56 Å². The number of alkyl halides is 3. The molecule has 0 atom stereocenters. The molecule has 1 fully saturated rings. The Kier molecular flexibility index (Phi) is 4.47. The maximum absolute atomic E-state index is 12.8. The fraction of sp³-hybridized carbons (Fsp3) is 0.300. The number of rotatable bonds is 2. The van der Waals surface area contributed by atoms with Crippen LogP contribution in [0.25, 0.3) is 22.3 Å². The Labute approximate surface area is 155 Å². The normalized spacial score (nSPS) is 16.1. The maximum Gasteiger partial charge on any atom is 0.416 e. The van der Waals surface area contributed by atoms with Crippen molar-refractivity contribution in [3.8, 4) is 11.4 Å². The Morgan fingerprint density at radius 2 is 1.52 bits per heavy atom. The van der Waals surface area contributed by atoms with Crippen molar-refractivity contribution in [1.82, 2.24) is 14.9 Å². The molecule has 2 heterocycles. The average Bonchev–Trinajstić information content (AvgIpc) is 2.67. The van der Waals surface area contributed by atoms with E-state index in [1.54, 1.807) is 0 Å². The van der Waals surface area contributed by atoms with Crippen molar-refractivity contribution in [1.29, 1.82) is 0 Å². The van der Waals surface area contributed by atoms with Gasteiger partial charge in [0.1, 0.15) is 5.82 Å². The van der Waals surface area contributed by atoms with Crippen LogP contribution in [0, 0.1) is 0 Å². The van der Waals surface area contributed by atoms with Crippen LogP contribution in [0.2, 0.25) is 0 Å². The van der Waals surface area contributed by atoms with Gasteiger partial charge >= 0.3 is 6.18 Å². The third-order valence-electron chi connectivity index (χ3n) is 4.86. The number of fused-ring (bicyclic) bond motifs is 1. The van der Waals surface area contributed by atoms with Crippen molar-refractivity contribution >= 4 is 16.7 Å². The van der Waals surface area contributed by atoms with Crippen molar-refractivity contribution in [3.05, 3.63) is 54.1 Å². The summed E-state index contributed by atoms with van der Waals surface area (Å²) >= 11 is 0. The molecule has 140 valence electrons. The van der Waals surface area contributed by atoms with Gasteiger partial charge in [-0.15, -0.1) is 0 Å². The zero-order chi connectivity index (χ0) is 19.0. The highest BCUT2D eigenvalue weighted by molar-refractivity contribution is 5.91. The van der Waals surface area contributed by atoms with E-state index in [0.29, 0.717) is 11.4 Å². The molecule has 0 amide bonds. The summed E-state index contributed by atoms with van der Waals surface area (Å²) in [6.07, 6.45) is -4.35. The summed E-state index contributed by atoms with van der Waals surface area (Å²) < 4.78 is 38.5. The molecule has 1 aliphatic rings. The first kappa shape index (κ1) is 17.7. The number of likely N-dealkylation sites (N-methyl/N-ethyl adjacent to an activating group) is 1. The lowest BCUT2D eigenvalue weighted by Gasteiger charge is -2.33. The van der Waals surface area contributed by atoms with Crippen LogP contribution in [0.3, 0.4) is 0 Å². The Hall–Kier alpha value is -2.67. The van der Waals surface area contributed by atoms with Gasteiger partial charge in [0, 0.05) is 37.1 Å². The Bertz CT molecular complexity index is 946. The third kappa shape index (κ3) is 3.60. The first-order valence-electron chi connectivity index (χ1n) is 8.80. The number of aromatic nitrogens is 2.